The van der Waals surface area contributed by atoms with Gasteiger partial charge in [-0.1, -0.05) is 48.2 Å². The van der Waals surface area contributed by atoms with Crippen LogP contribution in [0.1, 0.15) is 0 Å². The van der Waals surface area contributed by atoms with Gasteiger partial charge in [-0.15, -0.1) is 0 Å². The zero-order valence-corrected chi connectivity index (χ0v) is 12.2. The zero-order valence-electron chi connectivity index (χ0n) is 10.6. The minimum absolute atomic E-state index is 0.0260. The fourth-order valence-corrected chi connectivity index (χ4v) is 2.78. The fourth-order valence-electron chi connectivity index (χ4n) is 1.43. The molecule has 0 atom stereocenters. The predicted molar refractivity (Wildman–Crippen MR) is 83.0 cm³/mol. The van der Waals surface area contributed by atoms with E-state index in [-0.39, 0.29) is 16.9 Å². The quantitative estimate of drug-likeness (QED) is 0.873. The van der Waals surface area contributed by atoms with Crippen LogP contribution in [0.2, 0.25) is 0 Å². The van der Waals surface area contributed by atoms with E-state index in [1.165, 1.54) is 0 Å². The van der Waals surface area contributed by atoms with Crippen molar-refractivity contribution < 1.29 is 9.59 Å². The zero-order chi connectivity index (χ0) is 14.2. The number of amides is 1. The van der Waals surface area contributed by atoms with Crippen LogP contribution < -0.4 is 5.32 Å². The third kappa shape index (κ3) is 5.11. The van der Waals surface area contributed by atoms with Crippen molar-refractivity contribution in [1.82, 2.24) is 5.32 Å². The second-order valence-electron chi connectivity index (χ2n) is 3.84. The Kier molecular flexibility index (Phi) is 5.70. The summed E-state index contributed by atoms with van der Waals surface area (Å²) in [6.07, 6.45) is 0. The van der Waals surface area contributed by atoms with E-state index in [4.69, 9.17) is 0 Å². The molecule has 0 bridgehead atoms. The Balaban J connectivity index is 1.75. The molecule has 0 saturated heterocycles. The van der Waals surface area contributed by atoms with E-state index < -0.39 is 0 Å². The summed E-state index contributed by atoms with van der Waals surface area (Å²) in [5, 5.41) is 2.30. The van der Waals surface area contributed by atoms with Crippen LogP contribution in [0.15, 0.2) is 70.5 Å². The van der Waals surface area contributed by atoms with Gasteiger partial charge in [0.2, 0.25) is 5.12 Å². The summed E-state index contributed by atoms with van der Waals surface area (Å²) in [4.78, 5) is 25.1. The second kappa shape index (κ2) is 7.77. The number of hydrogen-bond acceptors (Lipinski definition) is 4. The molecule has 0 aromatic heterocycles. The molecule has 1 amide bonds. The average molecular weight is 303 g/mol. The van der Waals surface area contributed by atoms with E-state index in [2.05, 4.69) is 5.32 Å². The lowest BCUT2D eigenvalue weighted by molar-refractivity contribution is -0.110. The SMILES string of the molecule is O=C(CNC(=O)Sc1ccccc1)Sc1ccccc1. The van der Waals surface area contributed by atoms with E-state index in [0.29, 0.717) is 0 Å². The lowest BCUT2D eigenvalue weighted by atomic mass is 10.4. The minimum Gasteiger partial charge on any atom is -0.339 e. The standard InChI is InChI=1S/C15H13NO2S2/c17-14(19-12-7-3-1-4-8-12)11-16-15(18)20-13-9-5-2-6-10-13/h1-10H,11H2,(H,16,18). The topological polar surface area (TPSA) is 46.2 Å². The maximum absolute atomic E-state index is 11.7. The molecule has 0 aliphatic rings. The van der Waals surface area contributed by atoms with Gasteiger partial charge in [0.05, 0.1) is 6.54 Å². The third-order valence-corrected chi connectivity index (χ3v) is 4.02. The van der Waals surface area contributed by atoms with Crippen molar-refractivity contribution in [2.75, 3.05) is 6.54 Å². The molecular weight excluding hydrogens is 290 g/mol. The van der Waals surface area contributed by atoms with Crippen LogP contribution in [0, 0.1) is 0 Å². The maximum Gasteiger partial charge on any atom is 0.284 e. The molecule has 3 nitrogen and oxygen atoms in total. The van der Waals surface area contributed by atoms with Crippen LogP contribution in [0.4, 0.5) is 4.79 Å². The Morgan fingerprint density at radius 1 is 0.800 bits per heavy atom. The summed E-state index contributed by atoms with van der Waals surface area (Å²) in [6.45, 7) is 0.0260. The Hall–Kier alpha value is -1.72. The molecule has 5 heteroatoms. The number of thioether (sulfide) groups is 2. The van der Waals surface area contributed by atoms with Gasteiger partial charge in [0.15, 0.2) is 0 Å². The highest BCUT2D eigenvalue weighted by atomic mass is 32.2. The van der Waals surface area contributed by atoms with Crippen molar-refractivity contribution in [2.45, 2.75) is 9.79 Å². The number of carbonyl (C=O) groups excluding carboxylic acids is 2. The van der Waals surface area contributed by atoms with Crippen molar-refractivity contribution in [3.8, 4) is 0 Å². The summed E-state index contributed by atoms with van der Waals surface area (Å²) >= 11 is 2.21. The number of nitrogens with one attached hydrogen (secondary N) is 1. The number of rotatable bonds is 4. The Morgan fingerprint density at radius 2 is 1.30 bits per heavy atom. The molecule has 2 rings (SSSR count). The lowest BCUT2D eigenvalue weighted by Gasteiger charge is -2.04. The average Bonchev–Trinajstić information content (AvgIpc) is 2.47. The van der Waals surface area contributed by atoms with Crippen molar-refractivity contribution in [3.63, 3.8) is 0 Å². The first kappa shape index (κ1) is 14.7. The molecule has 2 aromatic rings. The van der Waals surface area contributed by atoms with E-state index in [1.807, 2.05) is 60.7 Å². The summed E-state index contributed by atoms with van der Waals surface area (Å²) in [5.74, 6) is 0. The largest absolute Gasteiger partial charge is 0.339 e. The van der Waals surface area contributed by atoms with Crippen molar-refractivity contribution >= 4 is 33.9 Å². The normalized spacial score (nSPS) is 10.0. The van der Waals surface area contributed by atoms with Gasteiger partial charge in [0, 0.05) is 9.79 Å². The smallest absolute Gasteiger partial charge is 0.284 e. The molecule has 1 N–H and O–H groups in total. The van der Waals surface area contributed by atoms with Gasteiger partial charge in [-0.25, -0.2) is 0 Å². The molecule has 0 unspecified atom stereocenters. The van der Waals surface area contributed by atoms with Gasteiger partial charge in [0.25, 0.3) is 5.24 Å². The van der Waals surface area contributed by atoms with Crippen LogP contribution >= 0.6 is 23.5 Å². The minimum atomic E-state index is -0.224. The van der Waals surface area contributed by atoms with E-state index in [9.17, 15) is 9.59 Å². The molecule has 0 radical (unpaired) electrons. The molecule has 0 aliphatic carbocycles. The van der Waals surface area contributed by atoms with Crippen molar-refractivity contribution in [3.05, 3.63) is 60.7 Å². The van der Waals surface area contributed by atoms with Gasteiger partial charge in [-0.3, -0.25) is 9.59 Å². The molecule has 0 saturated carbocycles. The highest BCUT2D eigenvalue weighted by Gasteiger charge is 2.08. The van der Waals surface area contributed by atoms with Crippen molar-refractivity contribution in [1.29, 1.82) is 0 Å². The highest BCUT2D eigenvalue weighted by Crippen LogP contribution is 2.19. The highest BCUT2D eigenvalue weighted by molar-refractivity contribution is 8.14. The van der Waals surface area contributed by atoms with Crippen LogP contribution in [0.25, 0.3) is 0 Å². The first-order valence-corrected chi connectivity index (χ1v) is 7.64. The molecule has 0 aliphatic heterocycles. The fraction of sp³-hybridized carbons (Fsp3) is 0.0667. The number of benzene rings is 2. The van der Waals surface area contributed by atoms with Gasteiger partial charge in [-0.2, -0.15) is 0 Å². The molecule has 2 aromatic carbocycles. The van der Waals surface area contributed by atoms with Gasteiger partial charge in [-0.05, 0) is 36.0 Å². The van der Waals surface area contributed by atoms with E-state index in [0.717, 1.165) is 33.3 Å². The molecule has 0 fully saturated rings. The Bertz CT molecular complexity index is 519. The summed E-state index contributed by atoms with van der Waals surface area (Å²) in [5.41, 5.74) is 0. The van der Waals surface area contributed by atoms with Gasteiger partial charge >= 0.3 is 0 Å². The molecular formula is C15H13NO2S2. The van der Waals surface area contributed by atoms with E-state index in [1.54, 1.807) is 0 Å². The summed E-state index contributed by atoms with van der Waals surface area (Å²) < 4.78 is 0. The van der Waals surface area contributed by atoms with Crippen molar-refractivity contribution in [2.24, 2.45) is 0 Å². The Morgan fingerprint density at radius 3 is 1.85 bits per heavy atom. The molecule has 0 spiro atoms. The van der Waals surface area contributed by atoms with Crippen LogP contribution in [0.3, 0.4) is 0 Å². The Labute approximate surface area is 126 Å². The monoisotopic (exact) mass is 303 g/mol. The summed E-state index contributed by atoms with van der Waals surface area (Å²) in [7, 11) is 0. The second-order valence-corrected chi connectivity index (χ2v) is 6.02. The van der Waals surface area contributed by atoms with Crippen LogP contribution in [-0.2, 0) is 4.79 Å². The van der Waals surface area contributed by atoms with Crippen LogP contribution in [-0.4, -0.2) is 16.9 Å². The van der Waals surface area contributed by atoms with Crippen LogP contribution in [0.5, 0.6) is 0 Å². The third-order valence-electron chi connectivity index (χ3n) is 2.31. The van der Waals surface area contributed by atoms with Gasteiger partial charge in [0.1, 0.15) is 0 Å². The maximum atomic E-state index is 11.7. The summed E-state index contributed by atoms with van der Waals surface area (Å²) in [6, 6.07) is 18.7. The molecule has 102 valence electrons. The number of carbonyl (C=O) groups is 2. The first-order chi connectivity index (χ1) is 9.74. The molecule has 0 heterocycles. The predicted octanol–water partition coefficient (Wildman–Crippen LogP) is 3.81. The molecule has 20 heavy (non-hydrogen) atoms. The first-order valence-electron chi connectivity index (χ1n) is 6.00. The number of hydrogen-bond donors (Lipinski definition) is 1. The van der Waals surface area contributed by atoms with Gasteiger partial charge < -0.3 is 5.32 Å². The van der Waals surface area contributed by atoms with E-state index >= 15 is 0 Å². The lowest BCUT2D eigenvalue weighted by Crippen LogP contribution is -2.24.